The number of methoxy groups -OCH3 is 2. The molecule has 1 atom stereocenters. The van der Waals surface area contributed by atoms with Crippen LogP contribution in [0.3, 0.4) is 0 Å². The molecule has 0 N–H and O–H groups in total. The molecule has 0 aliphatic rings. The van der Waals surface area contributed by atoms with Gasteiger partial charge in [-0.15, -0.1) is 24.8 Å². The van der Waals surface area contributed by atoms with Crippen LogP contribution in [0, 0.1) is 11.3 Å². The third-order valence-corrected chi connectivity index (χ3v) is 7.85. The molecule has 0 saturated carbocycles. The third-order valence-electron chi connectivity index (χ3n) is 7.85. The minimum absolute atomic E-state index is 0. The summed E-state index contributed by atoms with van der Waals surface area (Å²) >= 11 is 0. The Labute approximate surface area is 257 Å². The first-order chi connectivity index (χ1) is 18.6. The van der Waals surface area contributed by atoms with Crippen molar-refractivity contribution in [1.82, 2.24) is 4.90 Å². The van der Waals surface area contributed by atoms with E-state index in [1.807, 2.05) is 18.2 Å². The first-order valence-electron chi connectivity index (χ1n) is 14.9. The number of unbranched alkanes of at least 4 members (excludes halogenated alkanes) is 9. The quantitative estimate of drug-likeness (QED) is 0.135. The maximum Gasteiger partial charge on any atom is 0.119 e. The monoisotopic (exact) mass is 592 g/mol. The summed E-state index contributed by atoms with van der Waals surface area (Å²) in [5.41, 5.74) is 1.94. The Bertz CT molecular complexity index is 950. The molecule has 0 fully saturated rings. The number of benzene rings is 2. The number of hydrogen-bond acceptors (Lipinski definition) is 4. The van der Waals surface area contributed by atoms with E-state index < -0.39 is 5.41 Å². The molecule has 0 bridgehead atoms. The minimum atomic E-state index is -0.456. The fraction of sp³-hybridized carbons (Fsp3) is 0.618. The Morgan fingerprint density at radius 2 is 1.27 bits per heavy atom. The number of ether oxygens (including phenoxy) is 2. The van der Waals surface area contributed by atoms with Crippen molar-refractivity contribution in [1.29, 1.82) is 5.26 Å². The van der Waals surface area contributed by atoms with Gasteiger partial charge < -0.3 is 14.4 Å². The smallest absolute Gasteiger partial charge is 0.119 e. The van der Waals surface area contributed by atoms with E-state index in [1.165, 1.54) is 63.4 Å². The van der Waals surface area contributed by atoms with Crippen molar-refractivity contribution >= 4 is 24.8 Å². The van der Waals surface area contributed by atoms with Crippen LogP contribution in [-0.4, -0.2) is 39.3 Å². The highest BCUT2D eigenvalue weighted by atomic mass is 35.5. The summed E-state index contributed by atoms with van der Waals surface area (Å²) in [5, 5.41) is 10.5. The molecule has 0 amide bonds. The van der Waals surface area contributed by atoms with Gasteiger partial charge in [0.15, 0.2) is 0 Å². The van der Waals surface area contributed by atoms with Crippen molar-refractivity contribution in [2.75, 3.05) is 34.4 Å². The molecule has 0 spiro atoms. The Kier molecular flexibility index (Phi) is 21.6. The molecule has 0 saturated heterocycles. The first-order valence-corrected chi connectivity index (χ1v) is 14.9. The molecule has 2 aromatic rings. The van der Waals surface area contributed by atoms with Gasteiger partial charge in [0.2, 0.25) is 0 Å². The number of rotatable bonds is 21. The van der Waals surface area contributed by atoms with E-state index in [1.54, 1.807) is 14.2 Å². The molecule has 6 heteroatoms. The maximum atomic E-state index is 10.5. The highest BCUT2D eigenvalue weighted by molar-refractivity contribution is 5.85. The van der Waals surface area contributed by atoms with E-state index >= 15 is 0 Å². The van der Waals surface area contributed by atoms with Crippen molar-refractivity contribution in [3.63, 3.8) is 0 Å². The Morgan fingerprint density at radius 1 is 0.725 bits per heavy atom. The molecule has 0 heterocycles. The van der Waals surface area contributed by atoms with Gasteiger partial charge in [-0.2, -0.15) is 5.26 Å². The fourth-order valence-electron chi connectivity index (χ4n) is 5.34. The van der Waals surface area contributed by atoms with Gasteiger partial charge in [-0.1, -0.05) is 95.4 Å². The lowest BCUT2D eigenvalue weighted by atomic mass is 9.74. The van der Waals surface area contributed by atoms with E-state index in [2.05, 4.69) is 55.3 Å². The van der Waals surface area contributed by atoms with E-state index in [9.17, 15) is 5.26 Å². The summed E-state index contributed by atoms with van der Waals surface area (Å²) in [6.07, 6.45) is 16.9. The van der Waals surface area contributed by atoms with Crippen molar-refractivity contribution in [3.8, 4) is 17.6 Å². The van der Waals surface area contributed by atoms with Gasteiger partial charge in [-0.3, -0.25) is 0 Å². The summed E-state index contributed by atoms with van der Waals surface area (Å²) in [4.78, 5) is 2.38. The number of hydrogen-bond donors (Lipinski definition) is 0. The van der Waals surface area contributed by atoms with Crippen molar-refractivity contribution in [2.24, 2.45) is 0 Å². The third kappa shape index (κ3) is 14.1. The zero-order valence-corrected chi connectivity index (χ0v) is 27.1. The Balaban J connectivity index is 0.00000760. The van der Waals surface area contributed by atoms with Gasteiger partial charge in [0.05, 0.1) is 25.7 Å². The van der Waals surface area contributed by atoms with Crippen LogP contribution >= 0.6 is 24.8 Å². The summed E-state index contributed by atoms with van der Waals surface area (Å²) in [7, 11) is 5.60. The molecule has 0 aromatic heterocycles. The van der Waals surface area contributed by atoms with Crippen molar-refractivity contribution < 1.29 is 9.47 Å². The van der Waals surface area contributed by atoms with Gasteiger partial charge in [0.1, 0.15) is 11.5 Å². The minimum Gasteiger partial charge on any atom is -0.497 e. The molecule has 40 heavy (non-hydrogen) atoms. The van der Waals surface area contributed by atoms with E-state index in [0.29, 0.717) is 0 Å². The second kappa shape index (κ2) is 22.7. The molecule has 0 aliphatic heterocycles. The lowest BCUT2D eigenvalue weighted by Crippen LogP contribution is -2.28. The maximum absolute atomic E-state index is 10.5. The van der Waals surface area contributed by atoms with Gasteiger partial charge >= 0.3 is 0 Å². The normalized spacial score (nSPS) is 12.1. The number of likely N-dealkylation sites (N-methyl/N-ethyl adjacent to an activating group) is 1. The van der Waals surface area contributed by atoms with Crippen LogP contribution in [0.25, 0.3) is 0 Å². The van der Waals surface area contributed by atoms with Crippen LogP contribution in [-0.2, 0) is 11.8 Å². The van der Waals surface area contributed by atoms with E-state index in [0.717, 1.165) is 62.3 Å². The number of halogens is 2. The SMILES string of the molecule is CCCCCCCCCCCCC(C#N)(CCCN(C)CCc1cccc(OC)c1)c1cccc(OC)c1.Cl.Cl. The van der Waals surface area contributed by atoms with Gasteiger partial charge in [-0.25, -0.2) is 0 Å². The Hall–Kier alpha value is -1.93. The second-order valence-electron chi connectivity index (χ2n) is 10.9. The molecular weight excluding hydrogens is 539 g/mol. The predicted molar refractivity (Wildman–Crippen MR) is 175 cm³/mol. The molecule has 4 nitrogen and oxygen atoms in total. The zero-order valence-electron chi connectivity index (χ0n) is 25.5. The fourth-order valence-corrected chi connectivity index (χ4v) is 5.34. The average Bonchev–Trinajstić information content (AvgIpc) is 2.96. The average molecular weight is 594 g/mol. The number of nitriles is 1. The summed E-state index contributed by atoms with van der Waals surface area (Å²) in [6, 6.07) is 19.3. The van der Waals surface area contributed by atoms with Crippen LogP contribution in [0.1, 0.15) is 102 Å². The van der Waals surface area contributed by atoms with E-state index in [-0.39, 0.29) is 24.8 Å². The van der Waals surface area contributed by atoms with Crippen LogP contribution in [0.4, 0.5) is 0 Å². The topological polar surface area (TPSA) is 45.5 Å². The van der Waals surface area contributed by atoms with Crippen LogP contribution in [0.15, 0.2) is 48.5 Å². The molecule has 2 aromatic carbocycles. The lowest BCUT2D eigenvalue weighted by molar-refractivity contribution is 0.309. The molecule has 1 unspecified atom stereocenters. The van der Waals surface area contributed by atoms with Crippen molar-refractivity contribution in [2.45, 2.75) is 102 Å². The van der Waals surface area contributed by atoms with Crippen LogP contribution in [0.5, 0.6) is 11.5 Å². The Morgan fingerprint density at radius 3 is 1.88 bits per heavy atom. The lowest BCUT2D eigenvalue weighted by Gasteiger charge is -2.29. The van der Waals surface area contributed by atoms with Crippen LogP contribution in [0.2, 0.25) is 0 Å². The summed E-state index contributed by atoms with van der Waals surface area (Å²) in [5.74, 6) is 1.75. The van der Waals surface area contributed by atoms with Crippen molar-refractivity contribution in [3.05, 3.63) is 59.7 Å². The summed E-state index contributed by atoms with van der Waals surface area (Å²) in [6.45, 7) is 4.24. The molecule has 0 aliphatic carbocycles. The molecule has 0 radical (unpaired) electrons. The van der Waals surface area contributed by atoms with Gasteiger partial charge in [-0.05, 0) is 74.7 Å². The second-order valence-corrected chi connectivity index (χ2v) is 10.9. The molecular formula is C34H54Cl2N2O2. The van der Waals surface area contributed by atoms with E-state index in [4.69, 9.17) is 9.47 Å². The van der Waals surface area contributed by atoms with Gasteiger partial charge in [0.25, 0.3) is 0 Å². The zero-order chi connectivity index (χ0) is 27.5. The summed E-state index contributed by atoms with van der Waals surface area (Å²) < 4.78 is 10.9. The highest BCUT2D eigenvalue weighted by Crippen LogP contribution is 2.36. The highest BCUT2D eigenvalue weighted by Gasteiger charge is 2.32. The van der Waals surface area contributed by atoms with Gasteiger partial charge in [0, 0.05) is 6.54 Å². The predicted octanol–water partition coefficient (Wildman–Crippen LogP) is 9.57. The molecule has 2 rings (SSSR count). The standard InChI is InChI=1S/C34H52N2O2.2ClH/c1-5-6-7-8-9-10-11-12-13-14-23-34(29-35,31-19-16-21-33(28-31)38-4)24-17-25-36(2)26-22-30-18-15-20-32(27-30)37-3;;/h15-16,18-21,27-28H,5-14,17,22-26H2,1-4H3;2*1H. The first kappa shape index (κ1) is 38.1. The molecule has 226 valence electrons. The van der Waals surface area contributed by atoms with Crippen LogP contribution < -0.4 is 9.47 Å². The number of nitrogens with zero attached hydrogens (tertiary/aromatic N) is 2. The largest absolute Gasteiger partial charge is 0.497 e.